The molecule has 2 rings (SSSR count). The first kappa shape index (κ1) is 15.0. The number of nitrogens with one attached hydrogen (secondary N) is 2. The molecule has 0 aliphatic heterocycles. The largest absolute Gasteiger partial charge is 0.352 e. The highest BCUT2D eigenvalue weighted by Crippen LogP contribution is 2.19. The fourth-order valence-electron chi connectivity index (χ4n) is 1.95. The summed E-state index contributed by atoms with van der Waals surface area (Å²) in [5.41, 5.74) is 7.07. The van der Waals surface area contributed by atoms with Gasteiger partial charge in [0, 0.05) is 11.6 Å². The van der Waals surface area contributed by atoms with Crippen LogP contribution >= 0.6 is 11.3 Å². The molecular weight excluding hydrogens is 288 g/mol. The van der Waals surface area contributed by atoms with Gasteiger partial charge in [0.25, 0.3) is 0 Å². The van der Waals surface area contributed by atoms with E-state index in [0.717, 1.165) is 11.1 Å². The van der Waals surface area contributed by atoms with Crippen LogP contribution in [-0.4, -0.2) is 16.9 Å². The quantitative estimate of drug-likeness (QED) is 0.789. The normalized spacial score (nSPS) is 11.7. The van der Waals surface area contributed by atoms with Gasteiger partial charge in [-0.1, -0.05) is 29.8 Å². The first-order chi connectivity index (χ1) is 10.0. The van der Waals surface area contributed by atoms with Crippen LogP contribution in [0.2, 0.25) is 0 Å². The number of rotatable bonds is 5. The van der Waals surface area contributed by atoms with Gasteiger partial charge in [0.05, 0.1) is 12.5 Å². The molecular formula is C14H16N4O2S. The number of anilines is 1. The Bertz CT molecular complexity index is 628. The van der Waals surface area contributed by atoms with Gasteiger partial charge >= 0.3 is 6.03 Å². The van der Waals surface area contributed by atoms with Crippen molar-refractivity contribution in [2.75, 3.05) is 5.32 Å². The molecule has 0 aliphatic rings. The van der Waals surface area contributed by atoms with Gasteiger partial charge in [0.2, 0.25) is 5.91 Å². The molecule has 7 heteroatoms. The molecule has 0 aliphatic carbocycles. The van der Waals surface area contributed by atoms with Gasteiger partial charge in [-0.05, 0) is 12.5 Å². The molecule has 1 atom stereocenters. The van der Waals surface area contributed by atoms with Crippen LogP contribution in [0.25, 0.3) is 0 Å². The van der Waals surface area contributed by atoms with Crippen LogP contribution < -0.4 is 16.4 Å². The van der Waals surface area contributed by atoms with E-state index in [0.29, 0.717) is 5.13 Å². The molecule has 0 radical (unpaired) electrons. The third-order valence-corrected chi connectivity index (χ3v) is 3.52. The number of thiazole rings is 1. The van der Waals surface area contributed by atoms with Crippen LogP contribution in [0.1, 0.15) is 23.6 Å². The number of hydrogen-bond acceptors (Lipinski definition) is 4. The smallest absolute Gasteiger partial charge is 0.312 e. The lowest BCUT2D eigenvalue weighted by atomic mass is 10.0. The molecule has 1 heterocycles. The summed E-state index contributed by atoms with van der Waals surface area (Å²) in [6.45, 7) is 1.94. The molecule has 0 fully saturated rings. The molecule has 2 aromatic rings. The second-order valence-electron chi connectivity index (χ2n) is 4.56. The Labute approximate surface area is 126 Å². The van der Waals surface area contributed by atoms with E-state index in [1.54, 1.807) is 11.6 Å². The molecule has 3 amide bonds. The van der Waals surface area contributed by atoms with Crippen LogP contribution in [0, 0.1) is 6.92 Å². The lowest BCUT2D eigenvalue weighted by Gasteiger charge is -2.17. The van der Waals surface area contributed by atoms with Crippen molar-refractivity contribution in [3.05, 3.63) is 47.0 Å². The van der Waals surface area contributed by atoms with Gasteiger partial charge in [0.1, 0.15) is 0 Å². The second-order valence-corrected chi connectivity index (χ2v) is 5.46. The Morgan fingerprint density at radius 2 is 2.24 bits per heavy atom. The van der Waals surface area contributed by atoms with Gasteiger partial charge in [0.15, 0.2) is 5.13 Å². The lowest BCUT2D eigenvalue weighted by molar-refractivity contribution is -0.116. The van der Waals surface area contributed by atoms with E-state index in [4.69, 9.17) is 5.73 Å². The van der Waals surface area contributed by atoms with E-state index in [-0.39, 0.29) is 12.3 Å². The number of aromatic nitrogens is 1. The van der Waals surface area contributed by atoms with E-state index < -0.39 is 12.1 Å². The zero-order chi connectivity index (χ0) is 15.2. The zero-order valence-electron chi connectivity index (χ0n) is 11.5. The first-order valence-electron chi connectivity index (χ1n) is 6.36. The number of primary amides is 1. The summed E-state index contributed by atoms with van der Waals surface area (Å²) in [6, 6.07) is 6.45. The summed E-state index contributed by atoms with van der Waals surface area (Å²) in [5.74, 6) is -0.231. The number of hydrogen-bond donors (Lipinski definition) is 3. The van der Waals surface area contributed by atoms with Crippen LogP contribution in [0.5, 0.6) is 0 Å². The van der Waals surface area contributed by atoms with Crippen LogP contribution in [-0.2, 0) is 4.79 Å². The minimum Gasteiger partial charge on any atom is -0.352 e. The molecule has 0 saturated heterocycles. The van der Waals surface area contributed by atoms with Crippen molar-refractivity contribution >= 4 is 28.4 Å². The van der Waals surface area contributed by atoms with Crippen molar-refractivity contribution in [2.45, 2.75) is 19.4 Å². The summed E-state index contributed by atoms with van der Waals surface area (Å²) in [4.78, 5) is 27.1. The average Bonchev–Trinajstić information content (AvgIpc) is 2.90. The van der Waals surface area contributed by atoms with E-state index >= 15 is 0 Å². The highest BCUT2D eigenvalue weighted by molar-refractivity contribution is 7.13. The van der Waals surface area contributed by atoms with E-state index in [1.807, 2.05) is 31.2 Å². The third kappa shape index (κ3) is 4.57. The minimum atomic E-state index is -0.663. The van der Waals surface area contributed by atoms with Gasteiger partial charge in [-0.2, -0.15) is 0 Å². The number of nitrogens with two attached hydrogens (primary N) is 1. The van der Waals surface area contributed by atoms with Gasteiger partial charge < -0.3 is 16.4 Å². The Balaban J connectivity index is 2.09. The molecule has 0 unspecified atom stereocenters. The highest BCUT2D eigenvalue weighted by atomic mass is 32.1. The highest BCUT2D eigenvalue weighted by Gasteiger charge is 2.18. The maximum absolute atomic E-state index is 12.0. The summed E-state index contributed by atoms with van der Waals surface area (Å²) < 4.78 is 0. The number of carbonyl (C=O) groups is 2. The number of carbonyl (C=O) groups excluding carboxylic acids is 2. The van der Waals surface area contributed by atoms with Gasteiger partial charge in [-0.15, -0.1) is 11.3 Å². The summed E-state index contributed by atoms with van der Waals surface area (Å²) in [5, 5.41) is 7.58. The van der Waals surface area contributed by atoms with Gasteiger partial charge in [-0.25, -0.2) is 9.78 Å². The molecule has 1 aromatic heterocycles. The molecule has 4 N–H and O–H groups in total. The number of benzene rings is 1. The topological polar surface area (TPSA) is 97.1 Å². The third-order valence-electron chi connectivity index (χ3n) is 2.83. The number of nitrogens with zero attached hydrogens (tertiary/aromatic N) is 1. The summed E-state index contributed by atoms with van der Waals surface area (Å²) in [7, 11) is 0. The average molecular weight is 304 g/mol. The predicted molar refractivity (Wildman–Crippen MR) is 82.0 cm³/mol. The summed E-state index contributed by atoms with van der Waals surface area (Å²) >= 11 is 1.34. The van der Waals surface area contributed by atoms with E-state index in [2.05, 4.69) is 15.6 Å². The van der Waals surface area contributed by atoms with Crippen molar-refractivity contribution in [2.24, 2.45) is 5.73 Å². The fourth-order valence-corrected chi connectivity index (χ4v) is 2.50. The number of aryl methyl sites for hydroxylation is 1. The van der Waals surface area contributed by atoms with Crippen molar-refractivity contribution < 1.29 is 9.59 Å². The fraction of sp³-hybridized carbons (Fsp3) is 0.214. The van der Waals surface area contributed by atoms with Crippen LogP contribution in [0.4, 0.5) is 9.93 Å². The molecule has 6 nitrogen and oxygen atoms in total. The monoisotopic (exact) mass is 304 g/mol. The number of amides is 3. The first-order valence-corrected chi connectivity index (χ1v) is 7.24. The molecule has 110 valence electrons. The zero-order valence-corrected chi connectivity index (χ0v) is 12.3. The standard InChI is InChI=1S/C14H16N4O2S/c1-9-3-2-4-10(7-9)11(17-13(15)20)8-12(19)18-14-16-5-6-21-14/h2-7,11H,8H2,1H3,(H3,15,17,20)(H,16,18,19)/t11-/m1/s1. The lowest BCUT2D eigenvalue weighted by Crippen LogP contribution is -2.35. The predicted octanol–water partition coefficient (Wildman–Crippen LogP) is 2.19. The Hall–Kier alpha value is -2.41. The van der Waals surface area contributed by atoms with Crippen molar-refractivity contribution in [1.82, 2.24) is 10.3 Å². The van der Waals surface area contributed by atoms with Crippen molar-refractivity contribution in [1.29, 1.82) is 0 Å². The molecule has 1 aromatic carbocycles. The van der Waals surface area contributed by atoms with Gasteiger partial charge in [-0.3, -0.25) is 4.79 Å². The van der Waals surface area contributed by atoms with E-state index in [1.165, 1.54) is 11.3 Å². The molecule has 0 bridgehead atoms. The number of urea groups is 1. The molecule has 0 spiro atoms. The van der Waals surface area contributed by atoms with Crippen LogP contribution in [0.3, 0.4) is 0 Å². The summed E-state index contributed by atoms with van der Waals surface area (Å²) in [6.07, 6.45) is 1.70. The Morgan fingerprint density at radius 1 is 1.43 bits per heavy atom. The Morgan fingerprint density at radius 3 is 2.86 bits per heavy atom. The minimum absolute atomic E-state index is 0.0893. The van der Waals surface area contributed by atoms with E-state index in [9.17, 15) is 9.59 Å². The molecule has 0 saturated carbocycles. The van der Waals surface area contributed by atoms with Crippen LogP contribution in [0.15, 0.2) is 35.8 Å². The van der Waals surface area contributed by atoms with Crippen molar-refractivity contribution in [3.63, 3.8) is 0 Å². The SMILES string of the molecule is Cc1cccc([C@@H](CC(=O)Nc2nccs2)NC(N)=O)c1. The molecule has 21 heavy (non-hydrogen) atoms. The Kier molecular flexibility index (Phi) is 4.89. The van der Waals surface area contributed by atoms with Crippen molar-refractivity contribution in [3.8, 4) is 0 Å². The second kappa shape index (κ2) is 6.85. The maximum atomic E-state index is 12.0. The maximum Gasteiger partial charge on any atom is 0.312 e.